The fourth-order valence-electron chi connectivity index (χ4n) is 2.27. The number of aryl methyl sites for hydroxylation is 1. The minimum absolute atomic E-state index is 0.143. The van der Waals surface area contributed by atoms with E-state index in [1.165, 1.54) is 19.1 Å². The molecule has 25 heavy (non-hydrogen) atoms. The predicted molar refractivity (Wildman–Crippen MR) is 91.0 cm³/mol. The van der Waals surface area contributed by atoms with Gasteiger partial charge in [0.25, 0.3) is 11.6 Å². The zero-order chi connectivity index (χ0) is 18.4. The Morgan fingerprint density at radius 2 is 1.84 bits per heavy atom. The highest BCUT2D eigenvalue weighted by Crippen LogP contribution is 2.23. The van der Waals surface area contributed by atoms with E-state index < -0.39 is 22.9 Å². The van der Waals surface area contributed by atoms with Crippen LogP contribution in [-0.2, 0) is 16.1 Å². The molecule has 0 aliphatic carbocycles. The van der Waals surface area contributed by atoms with Crippen LogP contribution in [0.15, 0.2) is 48.5 Å². The zero-order valence-electron chi connectivity index (χ0n) is 13.9. The van der Waals surface area contributed by atoms with Gasteiger partial charge in [-0.3, -0.25) is 14.9 Å². The standard InChI is InChI=1S/C18H18N2O5/c1-12-7-6-10-15(20(23)24)16(12)18(22)25-13(2)17(21)19-11-14-8-4-3-5-9-14/h3-10,13H,11H2,1-2H3,(H,19,21). The lowest BCUT2D eigenvalue weighted by Gasteiger charge is -2.14. The van der Waals surface area contributed by atoms with Gasteiger partial charge in [-0.15, -0.1) is 0 Å². The molecule has 0 heterocycles. The maximum atomic E-state index is 12.3. The molecule has 1 N–H and O–H groups in total. The van der Waals surface area contributed by atoms with Crippen molar-refractivity contribution in [1.29, 1.82) is 0 Å². The number of ether oxygens (including phenoxy) is 1. The van der Waals surface area contributed by atoms with Gasteiger partial charge in [0.2, 0.25) is 0 Å². The lowest BCUT2D eigenvalue weighted by atomic mass is 10.1. The number of amides is 1. The molecule has 2 aromatic rings. The van der Waals surface area contributed by atoms with Crippen molar-refractivity contribution in [2.24, 2.45) is 0 Å². The molecule has 1 amide bonds. The summed E-state index contributed by atoms with van der Waals surface area (Å²) in [5.41, 5.74) is 0.831. The van der Waals surface area contributed by atoms with E-state index in [1.807, 2.05) is 30.3 Å². The van der Waals surface area contributed by atoms with Crippen LogP contribution in [0.2, 0.25) is 0 Å². The van der Waals surface area contributed by atoms with Gasteiger partial charge in [0, 0.05) is 12.6 Å². The van der Waals surface area contributed by atoms with Gasteiger partial charge >= 0.3 is 5.97 Å². The molecule has 0 saturated heterocycles. The molecule has 7 nitrogen and oxygen atoms in total. The Morgan fingerprint density at radius 1 is 1.16 bits per heavy atom. The fourth-order valence-corrected chi connectivity index (χ4v) is 2.27. The average molecular weight is 342 g/mol. The van der Waals surface area contributed by atoms with Crippen LogP contribution in [0.1, 0.15) is 28.4 Å². The molecule has 130 valence electrons. The number of nitrogens with one attached hydrogen (secondary N) is 1. The Kier molecular flexibility index (Phi) is 5.84. The smallest absolute Gasteiger partial charge is 0.346 e. The van der Waals surface area contributed by atoms with E-state index in [-0.39, 0.29) is 11.3 Å². The summed E-state index contributed by atoms with van der Waals surface area (Å²) in [7, 11) is 0. The van der Waals surface area contributed by atoms with E-state index in [2.05, 4.69) is 5.32 Å². The summed E-state index contributed by atoms with van der Waals surface area (Å²) < 4.78 is 5.10. The number of nitrogens with zero attached hydrogens (tertiary/aromatic N) is 1. The maximum Gasteiger partial charge on any atom is 0.346 e. The predicted octanol–water partition coefficient (Wildman–Crippen LogP) is 2.76. The van der Waals surface area contributed by atoms with Crippen molar-refractivity contribution in [3.05, 3.63) is 75.3 Å². The van der Waals surface area contributed by atoms with E-state index in [0.717, 1.165) is 5.56 Å². The summed E-state index contributed by atoms with van der Waals surface area (Å²) in [6, 6.07) is 13.6. The van der Waals surface area contributed by atoms with Crippen molar-refractivity contribution in [3.8, 4) is 0 Å². The summed E-state index contributed by atoms with van der Waals surface area (Å²) in [6.07, 6.45) is -1.07. The molecule has 0 aromatic heterocycles. The minimum atomic E-state index is -1.07. The van der Waals surface area contributed by atoms with Crippen molar-refractivity contribution < 1.29 is 19.2 Å². The van der Waals surface area contributed by atoms with Gasteiger partial charge in [-0.1, -0.05) is 42.5 Å². The van der Waals surface area contributed by atoms with E-state index >= 15 is 0 Å². The molecule has 0 aliphatic rings. The van der Waals surface area contributed by atoms with Gasteiger partial charge in [0.1, 0.15) is 5.56 Å². The fraction of sp³-hybridized carbons (Fsp3) is 0.222. The van der Waals surface area contributed by atoms with Crippen LogP contribution >= 0.6 is 0 Å². The highest BCUT2D eigenvalue weighted by molar-refractivity contribution is 5.97. The average Bonchev–Trinajstić information content (AvgIpc) is 2.59. The van der Waals surface area contributed by atoms with Crippen LogP contribution < -0.4 is 5.32 Å². The van der Waals surface area contributed by atoms with Gasteiger partial charge in [-0.2, -0.15) is 0 Å². The monoisotopic (exact) mass is 342 g/mol. The third-order valence-electron chi connectivity index (χ3n) is 3.61. The number of carbonyl (C=O) groups excluding carboxylic acids is 2. The molecule has 1 unspecified atom stereocenters. The lowest BCUT2D eigenvalue weighted by molar-refractivity contribution is -0.385. The van der Waals surface area contributed by atoms with Crippen molar-refractivity contribution in [2.45, 2.75) is 26.5 Å². The summed E-state index contributed by atoms with van der Waals surface area (Å²) in [6.45, 7) is 3.29. The van der Waals surface area contributed by atoms with E-state index in [1.54, 1.807) is 13.0 Å². The molecular weight excluding hydrogens is 324 g/mol. The first-order valence-corrected chi connectivity index (χ1v) is 7.66. The summed E-state index contributed by atoms with van der Waals surface area (Å²) in [5.74, 6) is -1.37. The van der Waals surface area contributed by atoms with Crippen molar-refractivity contribution in [1.82, 2.24) is 5.32 Å². The van der Waals surface area contributed by atoms with Gasteiger partial charge in [0.05, 0.1) is 4.92 Å². The van der Waals surface area contributed by atoms with Crippen molar-refractivity contribution >= 4 is 17.6 Å². The van der Waals surface area contributed by atoms with Crippen LogP contribution in [0.4, 0.5) is 5.69 Å². The van der Waals surface area contributed by atoms with Gasteiger partial charge in [-0.25, -0.2) is 4.79 Å². The second-order valence-electron chi connectivity index (χ2n) is 5.48. The first-order valence-electron chi connectivity index (χ1n) is 7.66. The molecule has 0 bridgehead atoms. The van der Waals surface area contributed by atoms with Gasteiger partial charge in [0.15, 0.2) is 6.10 Å². The molecule has 2 rings (SSSR count). The van der Waals surface area contributed by atoms with Gasteiger partial charge in [-0.05, 0) is 25.0 Å². The number of hydrogen-bond donors (Lipinski definition) is 1. The van der Waals surface area contributed by atoms with E-state index in [4.69, 9.17) is 4.74 Å². The van der Waals surface area contributed by atoms with Crippen molar-refractivity contribution in [2.75, 3.05) is 0 Å². The Bertz CT molecular complexity index is 789. The first kappa shape index (κ1) is 18.1. The second-order valence-corrected chi connectivity index (χ2v) is 5.48. The van der Waals surface area contributed by atoms with Crippen LogP contribution in [0.25, 0.3) is 0 Å². The van der Waals surface area contributed by atoms with Gasteiger partial charge < -0.3 is 10.1 Å². The number of carbonyl (C=O) groups is 2. The lowest BCUT2D eigenvalue weighted by Crippen LogP contribution is -2.35. The number of benzene rings is 2. The number of nitro groups is 1. The molecule has 7 heteroatoms. The van der Waals surface area contributed by atoms with E-state index in [9.17, 15) is 19.7 Å². The molecule has 0 fully saturated rings. The second kappa shape index (κ2) is 8.05. The number of rotatable bonds is 6. The molecule has 1 atom stereocenters. The van der Waals surface area contributed by atoms with Crippen LogP contribution in [0, 0.1) is 17.0 Å². The number of esters is 1. The largest absolute Gasteiger partial charge is 0.449 e. The van der Waals surface area contributed by atoms with Crippen LogP contribution in [-0.4, -0.2) is 22.9 Å². The summed E-state index contributed by atoms with van der Waals surface area (Å²) >= 11 is 0. The normalized spacial score (nSPS) is 11.4. The third-order valence-corrected chi connectivity index (χ3v) is 3.61. The Hall–Kier alpha value is -3.22. The number of hydrogen-bond acceptors (Lipinski definition) is 5. The zero-order valence-corrected chi connectivity index (χ0v) is 13.9. The SMILES string of the molecule is Cc1cccc([N+](=O)[O-])c1C(=O)OC(C)C(=O)NCc1ccccc1. The molecule has 0 radical (unpaired) electrons. The van der Waals surface area contributed by atoms with Crippen LogP contribution in [0.5, 0.6) is 0 Å². The maximum absolute atomic E-state index is 12.3. The summed E-state index contributed by atoms with van der Waals surface area (Å²) in [5, 5.41) is 13.7. The topological polar surface area (TPSA) is 98.5 Å². The Morgan fingerprint density at radius 3 is 2.48 bits per heavy atom. The van der Waals surface area contributed by atoms with E-state index in [0.29, 0.717) is 12.1 Å². The number of nitro benzene ring substituents is 1. The first-order chi connectivity index (χ1) is 11.9. The highest BCUT2D eigenvalue weighted by atomic mass is 16.6. The van der Waals surface area contributed by atoms with Crippen LogP contribution in [0.3, 0.4) is 0 Å². The molecule has 0 aliphatic heterocycles. The minimum Gasteiger partial charge on any atom is -0.449 e. The summed E-state index contributed by atoms with van der Waals surface area (Å²) in [4.78, 5) is 34.8. The quantitative estimate of drug-likeness (QED) is 0.494. The Balaban J connectivity index is 2.03. The molecular formula is C18H18N2O5. The molecule has 0 saturated carbocycles. The third kappa shape index (κ3) is 4.63. The Labute approximate surface area is 144 Å². The van der Waals surface area contributed by atoms with Crippen molar-refractivity contribution in [3.63, 3.8) is 0 Å². The highest BCUT2D eigenvalue weighted by Gasteiger charge is 2.26. The molecule has 0 spiro atoms. The molecule has 2 aromatic carbocycles.